The number of nitrogen functional groups attached to an aromatic ring is 1. The molecule has 0 spiro atoms. The first-order chi connectivity index (χ1) is 17.5. The van der Waals surface area contributed by atoms with Crippen LogP contribution in [0.15, 0.2) is 84.9 Å². The zero-order valence-electron chi connectivity index (χ0n) is 22.4. The number of carbonyl (C=O) groups excluding carboxylic acids is 1. The number of aryl methyl sites for hydroxylation is 6. The lowest BCUT2D eigenvalue weighted by atomic mass is 10.1. The van der Waals surface area contributed by atoms with Crippen molar-refractivity contribution in [1.29, 1.82) is 0 Å². The van der Waals surface area contributed by atoms with E-state index in [1.165, 1.54) is 22.3 Å². The molecule has 4 rings (SSSR count). The Hall–Kier alpha value is -4.38. The van der Waals surface area contributed by atoms with Gasteiger partial charge in [-0.2, -0.15) is 0 Å². The first-order valence-electron chi connectivity index (χ1n) is 12.0. The number of benzene rings is 4. The lowest BCUT2D eigenvalue weighted by Gasteiger charge is -2.08. The van der Waals surface area contributed by atoms with Crippen LogP contribution in [-0.4, -0.2) is 17.0 Å². The highest BCUT2D eigenvalue weighted by molar-refractivity contribution is 6.04. The van der Waals surface area contributed by atoms with E-state index in [9.17, 15) is 9.59 Å². The number of rotatable bonds is 3. The van der Waals surface area contributed by atoms with Crippen molar-refractivity contribution in [2.45, 2.75) is 41.5 Å². The summed E-state index contributed by atoms with van der Waals surface area (Å²) in [5, 5.41) is 11.4. The van der Waals surface area contributed by atoms with E-state index in [-0.39, 0.29) is 5.91 Å². The molecule has 0 radical (unpaired) electrons. The fourth-order valence-corrected chi connectivity index (χ4v) is 3.35. The molecule has 0 aliphatic rings. The van der Waals surface area contributed by atoms with Gasteiger partial charge in [-0.1, -0.05) is 47.5 Å². The molecule has 4 N–H and O–H groups in total. The summed E-state index contributed by atoms with van der Waals surface area (Å²) in [6.45, 7) is 12.1. The summed E-state index contributed by atoms with van der Waals surface area (Å²) in [6.07, 6.45) is 0. The molecule has 4 aromatic carbocycles. The molecule has 1 amide bonds. The van der Waals surface area contributed by atoms with Crippen molar-refractivity contribution in [1.82, 2.24) is 0 Å². The molecule has 0 atom stereocenters. The largest absolute Gasteiger partial charge is 0.478 e. The van der Waals surface area contributed by atoms with Crippen molar-refractivity contribution in [3.8, 4) is 0 Å². The number of anilines is 2. The number of aromatic carboxylic acids is 1. The SMILES string of the molecule is Cc1ccc(N)cc1C.Cc1cccc(C(=O)Nc2ccc(C)c(C)c2)c1.Cc1cccc(C(=O)O)c1. The molecule has 0 aliphatic heterocycles. The van der Waals surface area contributed by atoms with Crippen LogP contribution in [0.5, 0.6) is 0 Å². The van der Waals surface area contributed by atoms with Gasteiger partial charge in [0, 0.05) is 16.9 Å². The molecule has 5 nitrogen and oxygen atoms in total. The van der Waals surface area contributed by atoms with Gasteiger partial charge in [-0.15, -0.1) is 0 Å². The van der Waals surface area contributed by atoms with Crippen LogP contribution in [0, 0.1) is 41.5 Å². The minimum absolute atomic E-state index is 0.0676. The molecular formula is C32H36N2O3. The molecule has 0 saturated heterocycles. The second-order valence-corrected chi connectivity index (χ2v) is 9.14. The molecule has 0 unspecified atom stereocenters. The van der Waals surface area contributed by atoms with E-state index >= 15 is 0 Å². The Morgan fingerprint density at radius 3 is 1.59 bits per heavy atom. The van der Waals surface area contributed by atoms with Gasteiger partial charge in [0.1, 0.15) is 0 Å². The van der Waals surface area contributed by atoms with Crippen LogP contribution in [-0.2, 0) is 0 Å². The van der Waals surface area contributed by atoms with Gasteiger partial charge in [0.05, 0.1) is 5.56 Å². The molecule has 0 saturated carbocycles. The maximum absolute atomic E-state index is 12.1. The first-order valence-corrected chi connectivity index (χ1v) is 12.0. The third kappa shape index (κ3) is 9.65. The van der Waals surface area contributed by atoms with Gasteiger partial charge in [-0.05, 0) is 112 Å². The molecule has 0 bridgehead atoms. The Morgan fingerprint density at radius 1 is 0.622 bits per heavy atom. The number of hydrogen-bond acceptors (Lipinski definition) is 3. The number of carboxylic acid groups (broad SMARTS) is 1. The summed E-state index contributed by atoms with van der Waals surface area (Å²) >= 11 is 0. The average Bonchev–Trinajstić information content (AvgIpc) is 2.85. The highest BCUT2D eigenvalue weighted by atomic mass is 16.4. The Bertz CT molecular complexity index is 1380. The van der Waals surface area contributed by atoms with Crippen molar-refractivity contribution in [2.75, 3.05) is 11.1 Å². The standard InChI is InChI=1S/C16H17NO.C8H11N.C8H8O2/c1-11-5-4-6-14(9-11)16(18)17-15-8-7-12(2)13(3)10-15;1-6-3-4-8(9)5-7(6)2;1-6-3-2-4-7(5-6)8(9)10/h4-10H,1-3H3,(H,17,18);3-5H,9H2,1-2H3;2-5H,1H3,(H,9,10). The Labute approximate surface area is 220 Å². The molecule has 5 heteroatoms. The average molecular weight is 497 g/mol. The normalized spacial score (nSPS) is 9.78. The zero-order chi connectivity index (χ0) is 27.5. The predicted molar refractivity (Wildman–Crippen MR) is 154 cm³/mol. The van der Waals surface area contributed by atoms with Gasteiger partial charge >= 0.3 is 5.97 Å². The maximum Gasteiger partial charge on any atom is 0.335 e. The lowest BCUT2D eigenvalue weighted by Crippen LogP contribution is -2.12. The number of hydrogen-bond donors (Lipinski definition) is 3. The van der Waals surface area contributed by atoms with Crippen molar-refractivity contribution in [3.63, 3.8) is 0 Å². The van der Waals surface area contributed by atoms with E-state index in [1.54, 1.807) is 18.2 Å². The van der Waals surface area contributed by atoms with Crippen LogP contribution < -0.4 is 11.1 Å². The van der Waals surface area contributed by atoms with E-state index in [1.807, 2.05) is 87.5 Å². The minimum Gasteiger partial charge on any atom is -0.478 e. The van der Waals surface area contributed by atoms with Crippen LogP contribution in [0.1, 0.15) is 54.1 Å². The van der Waals surface area contributed by atoms with Crippen molar-refractivity contribution < 1.29 is 14.7 Å². The smallest absolute Gasteiger partial charge is 0.335 e. The van der Waals surface area contributed by atoms with Crippen LogP contribution in [0.2, 0.25) is 0 Å². The van der Waals surface area contributed by atoms with Gasteiger partial charge < -0.3 is 16.2 Å². The highest BCUT2D eigenvalue weighted by Crippen LogP contribution is 2.15. The number of nitrogens with one attached hydrogen (secondary N) is 1. The zero-order valence-corrected chi connectivity index (χ0v) is 22.4. The maximum atomic E-state index is 12.1. The van der Waals surface area contributed by atoms with E-state index in [4.69, 9.17) is 10.8 Å². The molecule has 192 valence electrons. The van der Waals surface area contributed by atoms with E-state index in [0.717, 1.165) is 22.5 Å². The quantitative estimate of drug-likeness (QED) is 0.257. The molecule has 0 fully saturated rings. The van der Waals surface area contributed by atoms with Crippen molar-refractivity contribution >= 4 is 23.3 Å². The molecule has 0 heterocycles. The number of amides is 1. The summed E-state index contributed by atoms with van der Waals surface area (Å²) in [7, 11) is 0. The number of carbonyl (C=O) groups is 2. The van der Waals surface area contributed by atoms with Gasteiger partial charge in [0.2, 0.25) is 0 Å². The van der Waals surface area contributed by atoms with Gasteiger partial charge in [-0.3, -0.25) is 4.79 Å². The van der Waals surface area contributed by atoms with Gasteiger partial charge in [-0.25, -0.2) is 4.79 Å². The predicted octanol–water partition coefficient (Wildman–Crippen LogP) is 7.44. The van der Waals surface area contributed by atoms with Gasteiger partial charge in [0.15, 0.2) is 0 Å². The van der Waals surface area contributed by atoms with Crippen LogP contribution in [0.3, 0.4) is 0 Å². The Balaban J connectivity index is 0.000000214. The molecule has 0 aliphatic carbocycles. The number of nitrogens with two attached hydrogens (primary N) is 1. The Morgan fingerprint density at radius 2 is 1.14 bits per heavy atom. The molecule has 0 aromatic heterocycles. The lowest BCUT2D eigenvalue weighted by molar-refractivity contribution is 0.0696. The molecule has 4 aromatic rings. The number of carboxylic acids is 1. The second kappa shape index (κ2) is 13.6. The monoisotopic (exact) mass is 496 g/mol. The van der Waals surface area contributed by atoms with Crippen molar-refractivity contribution in [3.05, 3.63) is 129 Å². The van der Waals surface area contributed by atoms with E-state index in [0.29, 0.717) is 11.1 Å². The van der Waals surface area contributed by atoms with Crippen molar-refractivity contribution in [2.24, 2.45) is 0 Å². The third-order valence-corrected chi connectivity index (χ3v) is 5.84. The van der Waals surface area contributed by atoms with Crippen LogP contribution in [0.25, 0.3) is 0 Å². The summed E-state index contributed by atoms with van der Waals surface area (Å²) in [4.78, 5) is 22.4. The van der Waals surface area contributed by atoms with Gasteiger partial charge in [0.25, 0.3) is 5.91 Å². The van der Waals surface area contributed by atoms with Crippen LogP contribution in [0.4, 0.5) is 11.4 Å². The topological polar surface area (TPSA) is 92.4 Å². The van der Waals surface area contributed by atoms with Crippen LogP contribution >= 0.6 is 0 Å². The molecule has 37 heavy (non-hydrogen) atoms. The summed E-state index contributed by atoms with van der Waals surface area (Å²) in [5.74, 6) is -0.939. The third-order valence-electron chi connectivity index (χ3n) is 5.84. The second-order valence-electron chi connectivity index (χ2n) is 9.14. The minimum atomic E-state index is -0.872. The Kier molecular flexibility index (Phi) is 10.6. The van der Waals surface area contributed by atoms with E-state index in [2.05, 4.69) is 26.1 Å². The molecular weight excluding hydrogens is 460 g/mol. The highest BCUT2D eigenvalue weighted by Gasteiger charge is 2.06. The summed E-state index contributed by atoms with van der Waals surface area (Å²) in [6, 6.07) is 26.3. The fourth-order valence-electron chi connectivity index (χ4n) is 3.35. The summed E-state index contributed by atoms with van der Waals surface area (Å²) < 4.78 is 0. The first kappa shape index (κ1) is 28.9. The van der Waals surface area contributed by atoms with E-state index < -0.39 is 5.97 Å². The fraction of sp³-hybridized carbons (Fsp3) is 0.188. The summed E-state index contributed by atoms with van der Waals surface area (Å²) in [5.41, 5.74) is 15.3.